The molecule has 0 radical (unpaired) electrons. The van der Waals surface area contributed by atoms with Gasteiger partial charge in [-0.1, -0.05) is 6.07 Å². The van der Waals surface area contributed by atoms with Crippen LogP contribution in [0.3, 0.4) is 0 Å². The number of hydrogen-bond acceptors (Lipinski definition) is 3. The van der Waals surface area contributed by atoms with E-state index in [2.05, 4.69) is 11.1 Å². The van der Waals surface area contributed by atoms with Crippen LogP contribution < -0.4 is 4.74 Å². The van der Waals surface area contributed by atoms with E-state index in [0.29, 0.717) is 0 Å². The Bertz CT molecular complexity index is 667. The lowest BCUT2D eigenvalue weighted by Gasteiger charge is -2.16. The number of carboxylic acids is 1. The van der Waals surface area contributed by atoms with Gasteiger partial charge >= 0.3 is 5.97 Å². The fourth-order valence-electron chi connectivity index (χ4n) is 2.86. The topological polar surface area (TPSA) is 59.4 Å². The molecule has 1 N–H and O–H groups in total. The molecule has 0 bridgehead atoms. The molecule has 102 valence electrons. The second-order valence-corrected chi connectivity index (χ2v) is 4.90. The average Bonchev–Trinajstić information content (AvgIpc) is 2.90. The van der Waals surface area contributed by atoms with Crippen molar-refractivity contribution in [1.82, 2.24) is 4.98 Å². The molecule has 1 aliphatic rings. The first-order chi connectivity index (χ1) is 9.70. The van der Waals surface area contributed by atoms with E-state index in [0.717, 1.165) is 29.8 Å². The number of nitrogens with zero attached hydrogens (tertiary/aromatic N) is 1. The van der Waals surface area contributed by atoms with Crippen molar-refractivity contribution in [2.75, 3.05) is 7.11 Å². The second kappa shape index (κ2) is 4.96. The van der Waals surface area contributed by atoms with Gasteiger partial charge in [0.05, 0.1) is 18.4 Å². The number of pyridine rings is 1. The van der Waals surface area contributed by atoms with Gasteiger partial charge in [0.15, 0.2) is 0 Å². The summed E-state index contributed by atoms with van der Waals surface area (Å²) in [6, 6.07) is 9.01. The summed E-state index contributed by atoms with van der Waals surface area (Å²) in [5.41, 5.74) is 3.46. The van der Waals surface area contributed by atoms with E-state index in [1.807, 2.05) is 6.07 Å². The van der Waals surface area contributed by atoms with Gasteiger partial charge in [0, 0.05) is 17.7 Å². The lowest BCUT2D eigenvalue weighted by molar-refractivity contribution is 0.0696. The molecular weight excluding hydrogens is 254 g/mol. The van der Waals surface area contributed by atoms with Crippen LogP contribution in [0.25, 0.3) is 0 Å². The molecule has 1 atom stereocenters. The maximum Gasteiger partial charge on any atom is 0.335 e. The molecule has 1 aromatic carbocycles. The minimum atomic E-state index is -0.923. The van der Waals surface area contributed by atoms with Gasteiger partial charge in [-0.25, -0.2) is 4.79 Å². The van der Waals surface area contributed by atoms with Crippen LogP contribution in [0.15, 0.2) is 36.5 Å². The predicted octanol–water partition coefficient (Wildman–Crippen LogP) is 2.87. The van der Waals surface area contributed by atoms with Crippen LogP contribution in [0.1, 0.15) is 39.5 Å². The Kier molecular flexibility index (Phi) is 3.14. The lowest BCUT2D eigenvalue weighted by Crippen LogP contribution is -2.05. The molecule has 1 unspecified atom stereocenters. The maximum absolute atomic E-state index is 11.2. The Morgan fingerprint density at radius 3 is 3.00 bits per heavy atom. The Hall–Kier alpha value is -2.36. The van der Waals surface area contributed by atoms with Crippen LogP contribution in [0.4, 0.5) is 0 Å². The largest absolute Gasteiger partial charge is 0.496 e. The first kappa shape index (κ1) is 12.7. The Morgan fingerprint density at radius 1 is 1.40 bits per heavy atom. The van der Waals surface area contributed by atoms with E-state index in [9.17, 15) is 4.79 Å². The van der Waals surface area contributed by atoms with Crippen LogP contribution >= 0.6 is 0 Å². The molecule has 0 fully saturated rings. The van der Waals surface area contributed by atoms with Crippen molar-refractivity contribution in [2.24, 2.45) is 0 Å². The fourth-order valence-corrected chi connectivity index (χ4v) is 2.86. The number of carboxylic acid groups (broad SMARTS) is 1. The summed E-state index contributed by atoms with van der Waals surface area (Å²) >= 11 is 0. The third-order valence-corrected chi connectivity index (χ3v) is 3.81. The van der Waals surface area contributed by atoms with E-state index < -0.39 is 5.97 Å². The second-order valence-electron chi connectivity index (χ2n) is 4.90. The summed E-state index contributed by atoms with van der Waals surface area (Å²) in [6.07, 6.45) is 3.69. The molecule has 0 saturated carbocycles. The van der Waals surface area contributed by atoms with Gasteiger partial charge in [-0.15, -0.1) is 0 Å². The third-order valence-electron chi connectivity index (χ3n) is 3.81. The van der Waals surface area contributed by atoms with Crippen LogP contribution in [-0.2, 0) is 6.42 Å². The van der Waals surface area contributed by atoms with E-state index in [1.54, 1.807) is 31.5 Å². The summed E-state index contributed by atoms with van der Waals surface area (Å²) in [6.45, 7) is 0. The molecule has 4 nitrogen and oxygen atoms in total. The van der Waals surface area contributed by atoms with Gasteiger partial charge in [-0.3, -0.25) is 4.98 Å². The molecule has 4 heteroatoms. The first-order valence-electron chi connectivity index (χ1n) is 6.55. The van der Waals surface area contributed by atoms with Crippen LogP contribution in [0, 0.1) is 0 Å². The molecule has 1 aliphatic carbocycles. The highest BCUT2D eigenvalue weighted by atomic mass is 16.5. The highest BCUT2D eigenvalue weighted by Crippen LogP contribution is 2.40. The molecule has 2 aromatic rings. The zero-order valence-electron chi connectivity index (χ0n) is 11.2. The molecule has 0 spiro atoms. The van der Waals surface area contributed by atoms with Crippen molar-refractivity contribution in [3.05, 3.63) is 58.9 Å². The number of aromatic carboxylic acids is 1. The first-order valence-corrected chi connectivity index (χ1v) is 6.55. The quantitative estimate of drug-likeness (QED) is 0.930. The van der Waals surface area contributed by atoms with Gasteiger partial charge in [0.2, 0.25) is 0 Å². The van der Waals surface area contributed by atoms with E-state index >= 15 is 0 Å². The summed E-state index contributed by atoms with van der Waals surface area (Å²) in [5, 5.41) is 9.15. The Labute approximate surface area is 117 Å². The summed E-state index contributed by atoms with van der Waals surface area (Å²) < 4.78 is 5.39. The highest BCUT2D eigenvalue weighted by Gasteiger charge is 2.28. The standard InChI is InChI=1S/C16H15NO3/c1-20-14-7-5-11(16(18)19)9-13(14)12-6-4-10-3-2-8-17-15(10)12/h2-3,5,7-9,12H,4,6H2,1H3,(H,18,19). The summed E-state index contributed by atoms with van der Waals surface area (Å²) in [4.78, 5) is 15.6. The number of ether oxygens (including phenoxy) is 1. The van der Waals surface area contributed by atoms with E-state index in [4.69, 9.17) is 9.84 Å². The number of rotatable bonds is 3. The van der Waals surface area contributed by atoms with Crippen molar-refractivity contribution in [3.8, 4) is 5.75 Å². The van der Waals surface area contributed by atoms with Crippen LogP contribution in [0.2, 0.25) is 0 Å². The molecule has 3 rings (SSSR count). The normalized spacial score (nSPS) is 16.8. The van der Waals surface area contributed by atoms with Crippen molar-refractivity contribution in [1.29, 1.82) is 0 Å². The number of carbonyl (C=O) groups is 1. The molecule has 0 aliphatic heterocycles. The molecule has 0 amide bonds. The Balaban J connectivity index is 2.10. The van der Waals surface area contributed by atoms with Gasteiger partial charge < -0.3 is 9.84 Å². The summed E-state index contributed by atoms with van der Waals surface area (Å²) in [7, 11) is 1.60. The summed E-state index contributed by atoms with van der Waals surface area (Å²) in [5.74, 6) is -0.0907. The molecule has 1 aromatic heterocycles. The van der Waals surface area contributed by atoms with Gasteiger partial charge in [0.1, 0.15) is 5.75 Å². The van der Waals surface area contributed by atoms with Crippen molar-refractivity contribution < 1.29 is 14.6 Å². The van der Waals surface area contributed by atoms with Gasteiger partial charge in [0.25, 0.3) is 0 Å². The number of aromatic nitrogens is 1. The number of methoxy groups -OCH3 is 1. The molecular formula is C16H15NO3. The molecule has 20 heavy (non-hydrogen) atoms. The number of fused-ring (bicyclic) bond motifs is 1. The van der Waals surface area contributed by atoms with Crippen molar-refractivity contribution in [2.45, 2.75) is 18.8 Å². The predicted molar refractivity (Wildman–Crippen MR) is 74.4 cm³/mol. The zero-order valence-corrected chi connectivity index (χ0v) is 11.2. The monoisotopic (exact) mass is 269 g/mol. The van der Waals surface area contributed by atoms with E-state index in [-0.39, 0.29) is 11.5 Å². The maximum atomic E-state index is 11.2. The smallest absolute Gasteiger partial charge is 0.335 e. The minimum Gasteiger partial charge on any atom is -0.496 e. The molecule has 0 saturated heterocycles. The SMILES string of the molecule is COc1ccc(C(=O)O)cc1C1CCc2cccnc21. The number of benzene rings is 1. The van der Waals surface area contributed by atoms with Gasteiger partial charge in [-0.2, -0.15) is 0 Å². The van der Waals surface area contributed by atoms with Crippen molar-refractivity contribution in [3.63, 3.8) is 0 Å². The zero-order chi connectivity index (χ0) is 14.1. The van der Waals surface area contributed by atoms with E-state index in [1.165, 1.54) is 5.56 Å². The van der Waals surface area contributed by atoms with Crippen LogP contribution in [-0.4, -0.2) is 23.2 Å². The van der Waals surface area contributed by atoms with Gasteiger partial charge in [-0.05, 0) is 42.7 Å². The fraction of sp³-hybridized carbons (Fsp3) is 0.250. The Morgan fingerprint density at radius 2 is 2.25 bits per heavy atom. The number of hydrogen-bond donors (Lipinski definition) is 1. The number of aryl methyl sites for hydroxylation is 1. The average molecular weight is 269 g/mol. The van der Waals surface area contributed by atoms with Crippen molar-refractivity contribution >= 4 is 5.97 Å². The minimum absolute atomic E-state index is 0.112. The lowest BCUT2D eigenvalue weighted by atomic mass is 9.94. The van der Waals surface area contributed by atoms with Crippen LogP contribution in [0.5, 0.6) is 5.75 Å². The highest BCUT2D eigenvalue weighted by molar-refractivity contribution is 5.88. The third kappa shape index (κ3) is 2.03. The molecule has 1 heterocycles.